The predicted molar refractivity (Wildman–Crippen MR) is 116 cm³/mol. The summed E-state index contributed by atoms with van der Waals surface area (Å²) in [5.74, 6) is 1.72. The number of guanidine groups is 1. The summed E-state index contributed by atoms with van der Waals surface area (Å²) in [7, 11) is 0. The maximum absolute atomic E-state index is 12.3. The number of alkyl halides is 2. The topological polar surface area (TPSA) is 65.9 Å². The number of hydrogen-bond acceptors (Lipinski definition) is 3. The minimum atomic E-state index is -2.84. The Morgan fingerprint density at radius 2 is 2.00 bits per heavy atom. The average Bonchev–Trinajstić information content (AvgIpc) is 2.56. The standard InChI is InChI=1S/C19H31F2N3O2.HI/c1-4-22-19(24-13-16(8-9-25)10-14(2)3)23-12-15-6-5-7-17(11-15)26-18(20)21;/h5-7,11,14,16,18,25H,4,8-10,12-13H2,1-3H3,(H2,22,23,24);1H. The van der Waals surface area contributed by atoms with E-state index in [9.17, 15) is 13.9 Å². The molecular formula is C19H32F2IN3O2. The summed E-state index contributed by atoms with van der Waals surface area (Å²) < 4.78 is 29.0. The highest BCUT2D eigenvalue weighted by Gasteiger charge is 2.11. The molecule has 27 heavy (non-hydrogen) atoms. The average molecular weight is 499 g/mol. The van der Waals surface area contributed by atoms with E-state index in [1.54, 1.807) is 12.1 Å². The molecule has 0 fully saturated rings. The second kappa shape index (κ2) is 14.8. The summed E-state index contributed by atoms with van der Waals surface area (Å²) in [5, 5.41) is 15.7. The van der Waals surface area contributed by atoms with Gasteiger partial charge in [0.25, 0.3) is 0 Å². The Hall–Kier alpha value is -1.16. The first-order valence-corrected chi connectivity index (χ1v) is 9.11. The van der Waals surface area contributed by atoms with Crippen molar-refractivity contribution in [2.45, 2.75) is 46.8 Å². The molecule has 0 aliphatic rings. The predicted octanol–water partition coefficient (Wildman–Crippen LogP) is 4.01. The maximum Gasteiger partial charge on any atom is 0.387 e. The Morgan fingerprint density at radius 3 is 2.59 bits per heavy atom. The molecule has 0 aromatic heterocycles. The van der Waals surface area contributed by atoms with Crippen molar-refractivity contribution in [1.29, 1.82) is 0 Å². The van der Waals surface area contributed by atoms with Crippen molar-refractivity contribution in [3.8, 4) is 5.75 Å². The Bertz CT molecular complexity index is 545. The van der Waals surface area contributed by atoms with E-state index in [1.807, 2.05) is 13.0 Å². The fourth-order valence-electron chi connectivity index (χ4n) is 2.73. The van der Waals surface area contributed by atoms with Crippen LogP contribution in [0.15, 0.2) is 29.3 Å². The molecule has 1 unspecified atom stereocenters. The van der Waals surface area contributed by atoms with Crippen LogP contribution in [-0.2, 0) is 6.54 Å². The third-order valence-electron chi connectivity index (χ3n) is 3.79. The first kappa shape index (κ1) is 25.8. The highest BCUT2D eigenvalue weighted by atomic mass is 127. The fraction of sp³-hybridized carbons (Fsp3) is 0.632. The van der Waals surface area contributed by atoms with E-state index in [1.165, 1.54) is 6.07 Å². The van der Waals surface area contributed by atoms with Gasteiger partial charge in [-0.3, -0.25) is 0 Å². The SMILES string of the molecule is CCNC(=NCc1cccc(OC(F)F)c1)NCC(CCO)CC(C)C.I. The van der Waals surface area contributed by atoms with E-state index >= 15 is 0 Å². The number of aliphatic imine (C=N–C) groups is 1. The van der Waals surface area contributed by atoms with Crippen LogP contribution in [0.2, 0.25) is 0 Å². The normalized spacial score (nSPS) is 12.7. The molecule has 8 heteroatoms. The summed E-state index contributed by atoms with van der Waals surface area (Å²) in [6.45, 7) is 5.43. The van der Waals surface area contributed by atoms with Crippen molar-refractivity contribution < 1.29 is 18.6 Å². The molecule has 0 aliphatic heterocycles. The molecule has 0 spiro atoms. The van der Waals surface area contributed by atoms with Gasteiger partial charge in [0.05, 0.1) is 6.54 Å². The van der Waals surface area contributed by atoms with Gasteiger partial charge in [-0.05, 0) is 49.3 Å². The quantitative estimate of drug-likeness (QED) is 0.245. The molecule has 1 rings (SSSR count). The first-order chi connectivity index (χ1) is 12.4. The Balaban J connectivity index is 0.00000676. The van der Waals surface area contributed by atoms with Crippen LogP contribution in [0.4, 0.5) is 8.78 Å². The molecule has 0 heterocycles. The number of ether oxygens (including phenoxy) is 1. The van der Waals surface area contributed by atoms with E-state index in [2.05, 4.69) is 34.2 Å². The lowest BCUT2D eigenvalue weighted by Gasteiger charge is -2.20. The molecular weight excluding hydrogens is 467 g/mol. The number of aliphatic hydroxyl groups is 1. The fourth-order valence-corrected chi connectivity index (χ4v) is 2.73. The van der Waals surface area contributed by atoms with Crippen LogP contribution in [0, 0.1) is 11.8 Å². The highest BCUT2D eigenvalue weighted by molar-refractivity contribution is 14.0. The Labute approximate surface area is 178 Å². The van der Waals surface area contributed by atoms with E-state index in [0.717, 1.165) is 31.5 Å². The van der Waals surface area contributed by atoms with Gasteiger partial charge in [0.15, 0.2) is 5.96 Å². The van der Waals surface area contributed by atoms with Crippen LogP contribution >= 0.6 is 24.0 Å². The second-order valence-electron chi connectivity index (χ2n) is 6.61. The lowest BCUT2D eigenvalue weighted by molar-refractivity contribution is -0.0498. The summed E-state index contributed by atoms with van der Waals surface area (Å²) >= 11 is 0. The van der Waals surface area contributed by atoms with Crippen LogP contribution in [0.1, 0.15) is 39.2 Å². The number of aliphatic hydroxyl groups excluding tert-OH is 1. The smallest absolute Gasteiger partial charge is 0.387 e. The number of nitrogens with one attached hydrogen (secondary N) is 2. The summed E-state index contributed by atoms with van der Waals surface area (Å²) in [6, 6.07) is 6.54. The Morgan fingerprint density at radius 1 is 1.26 bits per heavy atom. The maximum atomic E-state index is 12.3. The van der Waals surface area contributed by atoms with Crippen molar-refractivity contribution in [3.63, 3.8) is 0 Å². The van der Waals surface area contributed by atoms with Gasteiger partial charge in [-0.2, -0.15) is 8.78 Å². The zero-order chi connectivity index (χ0) is 19.4. The number of benzene rings is 1. The van der Waals surface area contributed by atoms with Crippen molar-refractivity contribution in [1.82, 2.24) is 10.6 Å². The minimum absolute atomic E-state index is 0. The zero-order valence-electron chi connectivity index (χ0n) is 16.3. The van der Waals surface area contributed by atoms with Gasteiger partial charge in [0.1, 0.15) is 5.75 Å². The summed E-state index contributed by atoms with van der Waals surface area (Å²) in [4.78, 5) is 4.50. The number of nitrogens with zero attached hydrogens (tertiary/aromatic N) is 1. The third-order valence-corrected chi connectivity index (χ3v) is 3.79. The van der Waals surface area contributed by atoms with Crippen LogP contribution in [-0.4, -0.2) is 37.4 Å². The minimum Gasteiger partial charge on any atom is -0.435 e. The molecule has 0 amide bonds. The van der Waals surface area contributed by atoms with E-state index < -0.39 is 6.61 Å². The van der Waals surface area contributed by atoms with Crippen molar-refractivity contribution in [2.24, 2.45) is 16.8 Å². The molecule has 0 radical (unpaired) electrons. The molecule has 3 N–H and O–H groups in total. The molecule has 0 aliphatic carbocycles. The molecule has 1 aromatic carbocycles. The second-order valence-corrected chi connectivity index (χ2v) is 6.61. The number of rotatable bonds is 11. The third kappa shape index (κ3) is 12.0. The van der Waals surface area contributed by atoms with Crippen LogP contribution in [0.25, 0.3) is 0 Å². The van der Waals surface area contributed by atoms with Gasteiger partial charge in [0.2, 0.25) is 0 Å². The van der Waals surface area contributed by atoms with Crippen LogP contribution in [0.3, 0.4) is 0 Å². The van der Waals surface area contributed by atoms with Crippen molar-refractivity contribution in [3.05, 3.63) is 29.8 Å². The van der Waals surface area contributed by atoms with Crippen LogP contribution in [0.5, 0.6) is 5.75 Å². The molecule has 156 valence electrons. The molecule has 0 saturated carbocycles. The monoisotopic (exact) mass is 499 g/mol. The zero-order valence-corrected chi connectivity index (χ0v) is 18.6. The van der Waals surface area contributed by atoms with Crippen molar-refractivity contribution in [2.75, 3.05) is 19.7 Å². The highest BCUT2D eigenvalue weighted by Crippen LogP contribution is 2.17. The summed E-state index contributed by atoms with van der Waals surface area (Å²) in [5.41, 5.74) is 0.787. The van der Waals surface area contributed by atoms with Crippen molar-refractivity contribution >= 4 is 29.9 Å². The van der Waals surface area contributed by atoms with Gasteiger partial charge in [-0.1, -0.05) is 26.0 Å². The Kier molecular flexibility index (Phi) is 14.2. The molecule has 0 saturated heterocycles. The molecule has 5 nitrogen and oxygen atoms in total. The first-order valence-electron chi connectivity index (χ1n) is 9.11. The van der Waals surface area contributed by atoms with E-state index in [0.29, 0.717) is 24.3 Å². The molecule has 1 aromatic rings. The lowest BCUT2D eigenvalue weighted by atomic mass is 9.94. The largest absolute Gasteiger partial charge is 0.435 e. The van der Waals surface area contributed by atoms with Gasteiger partial charge < -0.3 is 20.5 Å². The van der Waals surface area contributed by atoms with Crippen LogP contribution < -0.4 is 15.4 Å². The molecule has 0 bridgehead atoms. The number of halogens is 3. The number of hydrogen-bond donors (Lipinski definition) is 3. The lowest BCUT2D eigenvalue weighted by Crippen LogP contribution is -2.40. The van der Waals surface area contributed by atoms with Gasteiger partial charge >= 0.3 is 6.61 Å². The van der Waals surface area contributed by atoms with Gasteiger partial charge in [-0.15, -0.1) is 24.0 Å². The van der Waals surface area contributed by atoms with Gasteiger partial charge in [0, 0.05) is 19.7 Å². The molecule has 1 atom stereocenters. The van der Waals surface area contributed by atoms with E-state index in [-0.39, 0.29) is 36.3 Å². The van der Waals surface area contributed by atoms with E-state index in [4.69, 9.17) is 0 Å². The van der Waals surface area contributed by atoms with Gasteiger partial charge in [-0.25, -0.2) is 4.99 Å². The summed E-state index contributed by atoms with van der Waals surface area (Å²) in [6.07, 6.45) is 1.78.